The number of carbonyl (C=O) groups is 1. The number of nitrogens with zero attached hydrogens (tertiary/aromatic N) is 1. The molecule has 3 aromatic carbocycles. The predicted octanol–water partition coefficient (Wildman–Crippen LogP) is 3.17. The lowest BCUT2D eigenvalue weighted by Crippen LogP contribution is -2.38. The Morgan fingerprint density at radius 2 is 1.78 bits per heavy atom. The van der Waals surface area contributed by atoms with Crippen molar-refractivity contribution in [3.05, 3.63) is 88.4 Å². The fourth-order valence-electron chi connectivity index (χ4n) is 4.32. The van der Waals surface area contributed by atoms with E-state index in [1.54, 1.807) is 36.4 Å². The van der Waals surface area contributed by atoms with Crippen molar-refractivity contribution in [2.24, 2.45) is 5.73 Å². The molecule has 0 atom stereocenters. The predicted molar refractivity (Wildman–Crippen MR) is 129 cm³/mol. The number of halogens is 1. The Hall–Kier alpha value is -2.64. The van der Waals surface area contributed by atoms with Crippen molar-refractivity contribution in [2.45, 2.75) is 25.3 Å². The van der Waals surface area contributed by atoms with Gasteiger partial charge < -0.3 is 20.7 Å². The molecule has 1 aliphatic heterocycles. The number of likely N-dealkylation sites (tertiary alicyclic amines) is 1. The zero-order valence-electron chi connectivity index (χ0n) is 17.7. The highest BCUT2D eigenvalue weighted by Gasteiger charge is 2.25. The first-order valence-corrected chi connectivity index (χ1v) is 11.2. The third-order valence-electron chi connectivity index (χ3n) is 6.15. The van der Waals surface area contributed by atoms with Crippen molar-refractivity contribution in [1.29, 1.82) is 0 Å². The molecule has 4 rings (SSSR count). The summed E-state index contributed by atoms with van der Waals surface area (Å²) >= 11 is 6.41. The second kappa shape index (κ2) is 9.88. The van der Waals surface area contributed by atoms with Gasteiger partial charge in [-0.05, 0) is 59.1 Å². The SMILES string of the molecule is NCc1cccc(C2CCN(C(=O)c3ccc(Cl)c(-c4cccc(B(O)O)c4)c3)CC2)c1. The molecule has 5 nitrogen and oxygen atoms in total. The van der Waals surface area contributed by atoms with Crippen LogP contribution in [0.1, 0.15) is 40.2 Å². The van der Waals surface area contributed by atoms with Crippen molar-refractivity contribution in [3.8, 4) is 11.1 Å². The molecule has 0 spiro atoms. The molecule has 0 aliphatic carbocycles. The largest absolute Gasteiger partial charge is 0.488 e. The highest BCUT2D eigenvalue weighted by molar-refractivity contribution is 6.58. The summed E-state index contributed by atoms with van der Waals surface area (Å²) < 4.78 is 0. The van der Waals surface area contributed by atoms with Crippen molar-refractivity contribution in [3.63, 3.8) is 0 Å². The first-order chi connectivity index (χ1) is 15.5. The molecule has 1 fully saturated rings. The van der Waals surface area contributed by atoms with E-state index >= 15 is 0 Å². The van der Waals surface area contributed by atoms with Gasteiger partial charge in [-0.3, -0.25) is 4.79 Å². The van der Waals surface area contributed by atoms with E-state index in [-0.39, 0.29) is 5.91 Å². The molecule has 0 bridgehead atoms. The van der Waals surface area contributed by atoms with Crippen LogP contribution in [0.4, 0.5) is 0 Å². The average molecular weight is 449 g/mol. The molecule has 1 saturated heterocycles. The highest BCUT2D eigenvalue weighted by Crippen LogP contribution is 2.31. The third kappa shape index (κ3) is 4.89. The minimum Gasteiger partial charge on any atom is -0.423 e. The summed E-state index contributed by atoms with van der Waals surface area (Å²) in [4.78, 5) is 15.1. The number of carbonyl (C=O) groups excluding carboxylic acids is 1. The topological polar surface area (TPSA) is 86.8 Å². The molecule has 0 aromatic heterocycles. The minimum atomic E-state index is -1.56. The van der Waals surface area contributed by atoms with Gasteiger partial charge in [0.2, 0.25) is 0 Å². The van der Waals surface area contributed by atoms with Crippen LogP contribution in [-0.2, 0) is 6.54 Å². The van der Waals surface area contributed by atoms with Gasteiger partial charge in [0.15, 0.2) is 0 Å². The van der Waals surface area contributed by atoms with Gasteiger partial charge in [-0.25, -0.2) is 0 Å². The summed E-state index contributed by atoms with van der Waals surface area (Å²) in [7, 11) is -1.56. The Balaban J connectivity index is 1.50. The average Bonchev–Trinajstić information content (AvgIpc) is 2.84. The Labute approximate surface area is 193 Å². The number of hydrogen-bond donors (Lipinski definition) is 3. The molecule has 1 heterocycles. The first kappa shape index (κ1) is 22.6. The fraction of sp³-hybridized carbons (Fsp3) is 0.240. The van der Waals surface area contributed by atoms with E-state index < -0.39 is 7.12 Å². The summed E-state index contributed by atoms with van der Waals surface area (Å²) in [5, 5.41) is 19.4. The Morgan fingerprint density at radius 1 is 1.03 bits per heavy atom. The van der Waals surface area contributed by atoms with Gasteiger partial charge in [-0.1, -0.05) is 60.1 Å². The van der Waals surface area contributed by atoms with E-state index in [4.69, 9.17) is 17.3 Å². The second-order valence-corrected chi connectivity index (χ2v) is 8.62. The van der Waals surface area contributed by atoms with Gasteiger partial charge in [-0.2, -0.15) is 0 Å². The van der Waals surface area contributed by atoms with Gasteiger partial charge in [0.05, 0.1) is 0 Å². The molecule has 0 unspecified atom stereocenters. The number of piperidine rings is 1. The van der Waals surface area contributed by atoms with E-state index in [9.17, 15) is 14.8 Å². The van der Waals surface area contributed by atoms with E-state index in [1.807, 2.05) is 17.0 Å². The molecular formula is C25H26BClN2O3. The lowest BCUT2D eigenvalue weighted by atomic mass is 9.79. The molecule has 0 radical (unpaired) electrons. The molecule has 1 amide bonds. The molecule has 3 aromatic rings. The quantitative estimate of drug-likeness (QED) is 0.523. The fourth-order valence-corrected chi connectivity index (χ4v) is 4.55. The summed E-state index contributed by atoms with van der Waals surface area (Å²) in [5.74, 6) is 0.411. The van der Waals surface area contributed by atoms with Crippen LogP contribution in [0.3, 0.4) is 0 Å². The molecule has 0 saturated carbocycles. The Morgan fingerprint density at radius 3 is 2.50 bits per heavy atom. The van der Waals surface area contributed by atoms with Crippen molar-refractivity contribution < 1.29 is 14.8 Å². The minimum absolute atomic E-state index is 0.0181. The van der Waals surface area contributed by atoms with Gasteiger partial charge in [-0.15, -0.1) is 0 Å². The molecule has 4 N–H and O–H groups in total. The number of rotatable bonds is 5. The normalized spacial score (nSPS) is 14.4. The highest BCUT2D eigenvalue weighted by atomic mass is 35.5. The van der Waals surface area contributed by atoms with E-state index in [2.05, 4.69) is 18.2 Å². The van der Waals surface area contributed by atoms with Gasteiger partial charge in [0.1, 0.15) is 0 Å². The standard InChI is InChI=1S/C25H26BClN2O3/c27-24-8-7-21(15-23(24)20-5-2-6-22(14-20)26(31)32)25(30)29-11-9-18(10-12-29)19-4-1-3-17(13-19)16-28/h1-8,13-15,18,31-32H,9-12,16,28H2. The molecule has 1 aliphatic rings. The van der Waals surface area contributed by atoms with Crippen LogP contribution in [0.15, 0.2) is 66.7 Å². The Bertz CT molecular complexity index is 1110. The monoisotopic (exact) mass is 448 g/mol. The first-order valence-electron chi connectivity index (χ1n) is 10.8. The number of benzene rings is 3. The number of hydrogen-bond acceptors (Lipinski definition) is 4. The van der Waals surface area contributed by atoms with E-state index in [0.29, 0.717) is 47.2 Å². The van der Waals surface area contributed by atoms with Gasteiger partial charge in [0, 0.05) is 35.8 Å². The van der Waals surface area contributed by atoms with Crippen LogP contribution in [0.25, 0.3) is 11.1 Å². The molecular weight excluding hydrogens is 423 g/mol. The lowest BCUT2D eigenvalue weighted by molar-refractivity contribution is 0.0713. The van der Waals surface area contributed by atoms with Crippen LogP contribution in [0, 0.1) is 0 Å². The maximum absolute atomic E-state index is 13.2. The third-order valence-corrected chi connectivity index (χ3v) is 6.48. The molecule has 164 valence electrons. The van der Waals surface area contributed by atoms with Crippen LogP contribution in [0.2, 0.25) is 5.02 Å². The summed E-state index contributed by atoms with van der Waals surface area (Å²) in [5.41, 5.74) is 10.6. The molecule has 32 heavy (non-hydrogen) atoms. The van der Waals surface area contributed by atoms with Crippen LogP contribution in [0.5, 0.6) is 0 Å². The van der Waals surface area contributed by atoms with Gasteiger partial charge >= 0.3 is 7.12 Å². The summed E-state index contributed by atoms with van der Waals surface area (Å²) in [6.45, 7) is 1.92. The van der Waals surface area contributed by atoms with Crippen LogP contribution in [-0.4, -0.2) is 41.1 Å². The van der Waals surface area contributed by atoms with Crippen molar-refractivity contribution >= 4 is 30.1 Å². The van der Waals surface area contributed by atoms with Gasteiger partial charge in [0.25, 0.3) is 5.91 Å². The lowest BCUT2D eigenvalue weighted by Gasteiger charge is -2.32. The zero-order chi connectivity index (χ0) is 22.7. The van der Waals surface area contributed by atoms with Crippen LogP contribution < -0.4 is 11.2 Å². The maximum atomic E-state index is 13.2. The maximum Gasteiger partial charge on any atom is 0.488 e. The molecule has 7 heteroatoms. The number of amides is 1. The van der Waals surface area contributed by atoms with Crippen molar-refractivity contribution in [2.75, 3.05) is 13.1 Å². The number of nitrogens with two attached hydrogens (primary N) is 1. The smallest absolute Gasteiger partial charge is 0.423 e. The van der Waals surface area contributed by atoms with Crippen molar-refractivity contribution in [1.82, 2.24) is 4.90 Å². The summed E-state index contributed by atoms with van der Waals surface area (Å²) in [6, 6.07) is 20.5. The summed E-state index contributed by atoms with van der Waals surface area (Å²) in [6.07, 6.45) is 1.83. The Kier molecular flexibility index (Phi) is 6.96. The van der Waals surface area contributed by atoms with Crippen LogP contribution >= 0.6 is 11.6 Å². The van der Waals surface area contributed by atoms with E-state index in [1.165, 1.54) is 5.56 Å². The van der Waals surface area contributed by atoms with E-state index in [0.717, 1.165) is 24.0 Å². The zero-order valence-corrected chi connectivity index (χ0v) is 18.5. The second-order valence-electron chi connectivity index (χ2n) is 8.21.